The molecule has 0 aliphatic carbocycles. The van der Waals surface area contributed by atoms with Crippen molar-refractivity contribution in [3.05, 3.63) is 59.2 Å². The zero-order valence-corrected chi connectivity index (χ0v) is 12.2. The largest absolute Gasteiger partial charge is 0.496 e. The van der Waals surface area contributed by atoms with Crippen molar-refractivity contribution < 1.29 is 14.6 Å². The van der Waals surface area contributed by atoms with Gasteiger partial charge >= 0.3 is 0 Å². The molecular formula is C18H18O3. The fraction of sp³-hybridized carbons (Fsp3) is 0.222. The molecular weight excluding hydrogens is 264 g/mol. The third kappa shape index (κ3) is 4.01. The number of hydrogen-bond donors (Lipinski definition) is 1. The van der Waals surface area contributed by atoms with Crippen molar-refractivity contribution in [2.75, 3.05) is 13.7 Å². The first-order valence-corrected chi connectivity index (χ1v) is 6.69. The van der Waals surface area contributed by atoms with Crippen LogP contribution in [0.25, 0.3) is 0 Å². The molecule has 0 saturated carbocycles. The maximum Gasteiger partial charge on any atom is 0.125 e. The highest BCUT2D eigenvalue weighted by atomic mass is 16.5. The van der Waals surface area contributed by atoms with Gasteiger partial charge in [0.2, 0.25) is 0 Å². The zero-order valence-electron chi connectivity index (χ0n) is 12.2. The normalized spacial score (nSPS) is 9.67. The molecule has 0 aromatic heterocycles. The van der Waals surface area contributed by atoms with Crippen LogP contribution in [0.1, 0.15) is 16.7 Å². The number of rotatable bonds is 4. The summed E-state index contributed by atoms with van der Waals surface area (Å²) < 4.78 is 11.2. The Labute approximate surface area is 125 Å². The predicted molar refractivity (Wildman–Crippen MR) is 82.5 cm³/mol. The molecule has 3 nitrogen and oxygen atoms in total. The Balaban J connectivity index is 2.19. The predicted octanol–water partition coefficient (Wildman–Crippen LogP) is 2.93. The summed E-state index contributed by atoms with van der Waals surface area (Å²) in [6.45, 7) is 2.26. The second-order valence-corrected chi connectivity index (χ2v) is 4.54. The van der Waals surface area contributed by atoms with Gasteiger partial charge in [-0.05, 0) is 36.8 Å². The highest BCUT2D eigenvalue weighted by molar-refractivity contribution is 5.44. The lowest BCUT2D eigenvalue weighted by Gasteiger charge is -2.12. The number of hydrogen-bond acceptors (Lipinski definition) is 3. The maximum absolute atomic E-state index is 8.76. The van der Waals surface area contributed by atoms with Gasteiger partial charge in [0.15, 0.2) is 0 Å². The number of ether oxygens (including phenoxy) is 2. The Morgan fingerprint density at radius 3 is 2.62 bits per heavy atom. The summed E-state index contributed by atoms with van der Waals surface area (Å²) in [6, 6.07) is 13.5. The third-order valence-electron chi connectivity index (χ3n) is 3.07. The standard InChI is InChI=1S/C18H18O3/c1-14-6-3-4-8-17(14)21-13-16-12-15(7-5-11-19)9-10-18(16)20-2/h3-4,6,8-10,12,19H,11,13H2,1-2H3. The van der Waals surface area contributed by atoms with Crippen molar-refractivity contribution in [2.24, 2.45) is 0 Å². The van der Waals surface area contributed by atoms with E-state index in [1.165, 1.54) is 0 Å². The summed E-state index contributed by atoms with van der Waals surface area (Å²) in [5.41, 5.74) is 2.84. The van der Waals surface area contributed by atoms with Crippen LogP contribution in [-0.2, 0) is 6.61 Å². The van der Waals surface area contributed by atoms with Crippen LogP contribution in [0, 0.1) is 18.8 Å². The Hall–Kier alpha value is -2.44. The molecule has 2 aromatic rings. The van der Waals surface area contributed by atoms with Crippen molar-refractivity contribution in [1.82, 2.24) is 0 Å². The molecule has 0 aliphatic rings. The van der Waals surface area contributed by atoms with E-state index < -0.39 is 0 Å². The Morgan fingerprint density at radius 2 is 1.90 bits per heavy atom. The van der Waals surface area contributed by atoms with Gasteiger partial charge in [-0.1, -0.05) is 30.0 Å². The van der Waals surface area contributed by atoms with Crippen LogP contribution in [0.3, 0.4) is 0 Å². The van der Waals surface area contributed by atoms with E-state index in [4.69, 9.17) is 14.6 Å². The van der Waals surface area contributed by atoms with Gasteiger partial charge in [-0.15, -0.1) is 0 Å². The summed E-state index contributed by atoms with van der Waals surface area (Å²) in [4.78, 5) is 0. The van der Waals surface area contributed by atoms with Gasteiger partial charge in [0.25, 0.3) is 0 Å². The summed E-state index contributed by atoms with van der Waals surface area (Å²) in [7, 11) is 1.63. The van der Waals surface area contributed by atoms with Gasteiger partial charge in [0.05, 0.1) is 7.11 Å². The van der Waals surface area contributed by atoms with Crippen LogP contribution < -0.4 is 9.47 Å². The lowest BCUT2D eigenvalue weighted by atomic mass is 10.1. The quantitative estimate of drug-likeness (QED) is 0.876. The van der Waals surface area contributed by atoms with Crippen molar-refractivity contribution in [2.45, 2.75) is 13.5 Å². The fourth-order valence-corrected chi connectivity index (χ4v) is 1.98. The van der Waals surface area contributed by atoms with E-state index in [0.29, 0.717) is 6.61 Å². The number of para-hydroxylation sites is 1. The molecule has 0 radical (unpaired) electrons. The first-order valence-electron chi connectivity index (χ1n) is 6.69. The molecule has 2 aromatic carbocycles. The molecule has 1 N–H and O–H groups in total. The average Bonchev–Trinajstić information content (AvgIpc) is 2.52. The molecule has 0 fully saturated rings. The van der Waals surface area contributed by atoms with E-state index in [-0.39, 0.29) is 6.61 Å². The van der Waals surface area contributed by atoms with Crippen molar-refractivity contribution in [1.29, 1.82) is 0 Å². The van der Waals surface area contributed by atoms with Crippen LogP contribution in [0.5, 0.6) is 11.5 Å². The van der Waals surface area contributed by atoms with Gasteiger partial charge in [0, 0.05) is 11.1 Å². The SMILES string of the molecule is COc1ccc(C#CCO)cc1COc1ccccc1C. The monoisotopic (exact) mass is 282 g/mol. The summed E-state index contributed by atoms with van der Waals surface area (Å²) in [5, 5.41) is 8.76. The van der Waals surface area contributed by atoms with Crippen LogP contribution >= 0.6 is 0 Å². The number of benzene rings is 2. The second kappa shape index (κ2) is 7.37. The molecule has 2 rings (SSSR count). The smallest absolute Gasteiger partial charge is 0.125 e. The minimum absolute atomic E-state index is 0.152. The number of aliphatic hydroxyl groups excluding tert-OH is 1. The summed E-state index contributed by atoms with van der Waals surface area (Å²) in [5.74, 6) is 7.14. The third-order valence-corrected chi connectivity index (χ3v) is 3.07. The van der Waals surface area contributed by atoms with E-state index in [1.807, 2.05) is 49.4 Å². The van der Waals surface area contributed by atoms with Crippen molar-refractivity contribution in [3.63, 3.8) is 0 Å². The lowest BCUT2D eigenvalue weighted by Crippen LogP contribution is -2.00. The molecule has 0 heterocycles. The molecule has 0 spiro atoms. The maximum atomic E-state index is 8.76. The van der Waals surface area contributed by atoms with E-state index >= 15 is 0 Å². The Kier molecular flexibility index (Phi) is 5.25. The van der Waals surface area contributed by atoms with Gasteiger partial charge < -0.3 is 14.6 Å². The average molecular weight is 282 g/mol. The lowest BCUT2D eigenvalue weighted by molar-refractivity contribution is 0.295. The Bertz CT molecular complexity index is 666. The fourth-order valence-electron chi connectivity index (χ4n) is 1.98. The first-order chi connectivity index (χ1) is 10.2. The molecule has 0 amide bonds. The molecule has 0 atom stereocenters. The van der Waals surface area contributed by atoms with Crippen molar-refractivity contribution >= 4 is 0 Å². The van der Waals surface area contributed by atoms with E-state index in [9.17, 15) is 0 Å². The highest BCUT2D eigenvalue weighted by Crippen LogP contribution is 2.23. The van der Waals surface area contributed by atoms with Crippen LogP contribution in [0.2, 0.25) is 0 Å². The number of methoxy groups -OCH3 is 1. The van der Waals surface area contributed by atoms with Gasteiger partial charge in [0.1, 0.15) is 24.7 Å². The molecule has 21 heavy (non-hydrogen) atoms. The van der Waals surface area contributed by atoms with Crippen LogP contribution in [-0.4, -0.2) is 18.8 Å². The second-order valence-electron chi connectivity index (χ2n) is 4.54. The minimum atomic E-state index is -0.152. The van der Waals surface area contributed by atoms with Crippen molar-refractivity contribution in [3.8, 4) is 23.3 Å². The molecule has 0 saturated heterocycles. The van der Waals surface area contributed by atoms with E-state index in [2.05, 4.69) is 11.8 Å². The molecule has 108 valence electrons. The van der Waals surface area contributed by atoms with E-state index in [0.717, 1.165) is 28.2 Å². The minimum Gasteiger partial charge on any atom is -0.496 e. The number of aryl methyl sites for hydroxylation is 1. The molecule has 0 aliphatic heterocycles. The van der Waals surface area contributed by atoms with Crippen LogP contribution in [0.4, 0.5) is 0 Å². The summed E-state index contributed by atoms with van der Waals surface area (Å²) >= 11 is 0. The zero-order chi connectivity index (χ0) is 15.1. The topological polar surface area (TPSA) is 38.7 Å². The Morgan fingerprint density at radius 1 is 1.10 bits per heavy atom. The first kappa shape index (κ1) is 15.0. The molecule has 3 heteroatoms. The van der Waals surface area contributed by atoms with Crippen LogP contribution in [0.15, 0.2) is 42.5 Å². The number of aliphatic hydroxyl groups is 1. The molecule has 0 bridgehead atoms. The summed E-state index contributed by atoms with van der Waals surface area (Å²) in [6.07, 6.45) is 0. The van der Waals surface area contributed by atoms with Gasteiger partial charge in [-0.25, -0.2) is 0 Å². The highest BCUT2D eigenvalue weighted by Gasteiger charge is 2.06. The molecule has 0 unspecified atom stereocenters. The van der Waals surface area contributed by atoms with Gasteiger partial charge in [-0.3, -0.25) is 0 Å². The van der Waals surface area contributed by atoms with Gasteiger partial charge in [-0.2, -0.15) is 0 Å². The van der Waals surface area contributed by atoms with E-state index in [1.54, 1.807) is 7.11 Å².